The van der Waals surface area contributed by atoms with E-state index in [2.05, 4.69) is 26.8 Å². The molecule has 0 aliphatic heterocycles. The largest absolute Gasteiger partial charge is 0.320 e. The molecular formula is C9H6N4O4. The third-order valence-electron chi connectivity index (χ3n) is 2.03. The van der Waals surface area contributed by atoms with Gasteiger partial charge in [-0.05, 0) is 22.5 Å². The molecule has 0 saturated heterocycles. The highest BCUT2D eigenvalue weighted by Gasteiger charge is 2.19. The van der Waals surface area contributed by atoms with Crippen LogP contribution in [0.25, 0.3) is 11.0 Å². The minimum Gasteiger partial charge on any atom is -0.320 e. The number of anilines is 1. The predicted molar refractivity (Wildman–Crippen MR) is 57.3 cm³/mol. The van der Waals surface area contributed by atoms with E-state index in [-0.39, 0.29) is 22.4 Å². The fourth-order valence-electron chi connectivity index (χ4n) is 1.29. The minimum absolute atomic E-state index is 0.0168. The number of nitrogens with zero attached hydrogens (tertiary/aromatic N) is 3. The van der Waals surface area contributed by atoms with Gasteiger partial charge < -0.3 is 5.32 Å². The molecule has 1 N–H and O–H groups in total. The van der Waals surface area contributed by atoms with Gasteiger partial charge in [0.2, 0.25) is 11.4 Å². The number of carbonyl (C=O) groups excluding carboxylic acids is 1. The van der Waals surface area contributed by atoms with Gasteiger partial charge in [0.15, 0.2) is 5.52 Å². The summed E-state index contributed by atoms with van der Waals surface area (Å²) in [6.45, 7) is 3.29. The summed E-state index contributed by atoms with van der Waals surface area (Å²) in [4.78, 5) is 21.2. The molecule has 1 heterocycles. The van der Waals surface area contributed by atoms with Crippen LogP contribution in [0.1, 0.15) is 0 Å². The second kappa shape index (κ2) is 4.00. The van der Waals surface area contributed by atoms with Gasteiger partial charge in [0.25, 0.3) is 0 Å². The van der Waals surface area contributed by atoms with Crippen molar-refractivity contribution in [3.05, 3.63) is 34.9 Å². The van der Waals surface area contributed by atoms with Crippen molar-refractivity contribution in [3.8, 4) is 0 Å². The Balaban J connectivity index is 2.57. The normalized spacial score (nSPS) is 10.1. The third kappa shape index (κ3) is 1.83. The van der Waals surface area contributed by atoms with Crippen molar-refractivity contribution < 1.29 is 14.3 Å². The molecule has 1 aromatic carbocycles. The molecular weight excluding hydrogens is 228 g/mol. The first-order valence-corrected chi connectivity index (χ1v) is 4.46. The van der Waals surface area contributed by atoms with Crippen molar-refractivity contribution in [2.24, 2.45) is 0 Å². The molecule has 17 heavy (non-hydrogen) atoms. The number of nitro groups is 1. The Morgan fingerprint density at radius 2 is 2.18 bits per heavy atom. The van der Waals surface area contributed by atoms with E-state index in [4.69, 9.17) is 0 Å². The molecule has 8 nitrogen and oxygen atoms in total. The van der Waals surface area contributed by atoms with Crippen molar-refractivity contribution in [2.45, 2.75) is 0 Å². The van der Waals surface area contributed by atoms with Crippen LogP contribution in [0.15, 0.2) is 29.4 Å². The van der Waals surface area contributed by atoms with E-state index in [1.165, 1.54) is 12.1 Å². The fraction of sp³-hybridized carbons (Fsp3) is 0. The summed E-state index contributed by atoms with van der Waals surface area (Å²) in [5.41, 5.74) is 0.140. The second-order valence-electron chi connectivity index (χ2n) is 3.04. The number of non-ortho nitro benzene ring substituents is 1. The summed E-state index contributed by atoms with van der Waals surface area (Å²) in [5, 5.41) is 20.1. The lowest BCUT2D eigenvalue weighted by Crippen LogP contribution is -2.07. The van der Waals surface area contributed by atoms with Crippen LogP contribution >= 0.6 is 0 Å². The van der Waals surface area contributed by atoms with Gasteiger partial charge in [-0.25, -0.2) is 4.63 Å². The van der Waals surface area contributed by atoms with E-state index < -0.39 is 10.8 Å². The molecule has 2 rings (SSSR count). The van der Waals surface area contributed by atoms with Gasteiger partial charge in [0.1, 0.15) is 0 Å². The minimum atomic E-state index is -0.606. The molecule has 0 saturated carbocycles. The topological polar surface area (TPSA) is 111 Å². The van der Waals surface area contributed by atoms with Crippen molar-refractivity contribution in [1.82, 2.24) is 10.3 Å². The Bertz CT molecular complexity index is 618. The number of benzene rings is 1. The first kappa shape index (κ1) is 10.7. The summed E-state index contributed by atoms with van der Waals surface area (Å²) in [6, 6.07) is 2.57. The number of carbonyl (C=O) groups is 1. The van der Waals surface area contributed by atoms with Gasteiger partial charge >= 0.3 is 5.69 Å². The summed E-state index contributed by atoms with van der Waals surface area (Å²) in [7, 11) is 0. The lowest BCUT2D eigenvalue weighted by molar-refractivity contribution is -0.383. The molecule has 1 amide bonds. The first-order chi connectivity index (χ1) is 8.13. The molecule has 2 aromatic rings. The number of rotatable bonds is 3. The van der Waals surface area contributed by atoms with Gasteiger partial charge in [0, 0.05) is 6.07 Å². The van der Waals surface area contributed by atoms with E-state index >= 15 is 0 Å². The highest BCUT2D eigenvalue weighted by Crippen LogP contribution is 2.28. The molecule has 0 radical (unpaired) electrons. The van der Waals surface area contributed by atoms with Crippen molar-refractivity contribution in [3.63, 3.8) is 0 Å². The highest BCUT2D eigenvalue weighted by atomic mass is 16.6. The van der Waals surface area contributed by atoms with Crippen molar-refractivity contribution in [1.29, 1.82) is 0 Å². The van der Waals surface area contributed by atoms with Gasteiger partial charge in [-0.2, -0.15) is 0 Å². The van der Waals surface area contributed by atoms with Crippen LogP contribution in [0.4, 0.5) is 11.4 Å². The maximum absolute atomic E-state index is 11.1. The van der Waals surface area contributed by atoms with Gasteiger partial charge in [-0.3, -0.25) is 14.9 Å². The number of nitro benzene ring substituents is 1. The fourth-order valence-corrected chi connectivity index (χ4v) is 1.29. The average molecular weight is 234 g/mol. The van der Waals surface area contributed by atoms with Gasteiger partial charge in [-0.15, -0.1) is 0 Å². The number of aromatic nitrogens is 2. The Labute approximate surface area is 94.0 Å². The smallest absolute Gasteiger partial charge is 0.300 e. The number of nitrogens with one attached hydrogen (secondary N) is 1. The van der Waals surface area contributed by atoms with E-state index in [1.807, 2.05) is 0 Å². The zero-order chi connectivity index (χ0) is 12.4. The molecule has 0 aliphatic rings. The molecule has 0 spiro atoms. The number of hydrogen-bond acceptors (Lipinski definition) is 6. The molecule has 0 atom stereocenters. The number of amides is 1. The lowest BCUT2D eigenvalue weighted by atomic mass is 10.2. The van der Waals surface area contributed by atoms with Crippen molar-refractivity contribution >= 4 is 28.3 Å². The van der Waals surface area contributed by atoms with Gasteiger partial charge in [-0.1, -0.05) is 6.58 Å². The first-order valence-electron chi connectivity index (χ1n) is 4.46. The van der Waals surface area contributed by atoms with Crippen LogP contribution in [0, 0.1) is 10.1 Å². The zero-order valence-electron chi connectivity index (χ0n) is 8.41. The summed E-state index contributed by atoms with van der Waals surface area (Å²) < 4.78 is 4.43. The average Bonchev–Trinajstić information content (AvgIpc) is 2.77. The van der Waals surface area contributed by atoms with Gasteiger partial charge in [0.05, 0.1) is 10.6 Å². The lowest BCUT2D eigenvalue weighted by Gasteiger charge is -2.01. The zero-order valence-corrected chi connectivity index (χ0v) is 8.41. The maximum atomic E-state index is 11.1. The quantitative estimate of drug-likeness (QED) is 0.486. The maximum Gasteiger partial charge on any atom is 0.300 e. The van der Waals surface area contributed by atoms with E-state index in [1.54, 1.807) is 0 Å². The number of fused-ring (bicyclic) bond motifs is 1. The monoisotopic (exact) mass is 234 g/mol. The standard InChI is InChI=1S/C9H6N4O4/c1-2-7(14)10-5-3-4-6(13(15)16)9-8(5)11-17-12-9/h2-4H,1H2,(H,10,14). The Kier molecular flexibility index (Phi) is 2.53. The van der Waals surface area contributed by atoms with Crippen molar-refractivity contribution in [2.75, 3.05) is 5.32 Å². The van der Waals surface area contributed by atoms with E-state index in [9.17, 15) is 14.9 Å². The highest BCUT2D eigenvalue weighted by molar-refractivity contribution is 6.05. The van der Waals surface area contributed by atoms with E-state index in [0.717, 1.165) is 6.08 Å². The predicted octanol–water partition coefficient (Wildman–Crippen LogP) is 1.26. The third-order valence-corrected chi connectivity index (χ3v) is 2.03. The summed E-state index contributed by atoms with van der Waals surface area (Å²) >= 11 is 0. The molecule has 0 unspecified atom stereocenters. The molecule has 8 heteroatoms. The second-order valence-corrected chi connectivity index (χ2v) is 3.04. The van der Waals surface area contributed by atoms with Crippen LogP contribution < -0.4 is 5.32 Å². The molecule has 0 aliphatic carbocycles. The Morgan fingerprint density at radius 3 is 2.82 bits per heavy atom. The van der Waals surface area contributed by atoms with Crippen LogP contribution in [0.5, 0.6) is 0 Å². The molecule has 0 fully saturated rings. The summed E-state index contributed by atoms with van der Waals surface area (Å²) in [6.07, 6.45) is 1.07. The van der Waals surface area contributed by atoms with Crippen LogP contribution in [-0.2, 0) is 4.79 Å². The van der Waals surface area contributed by atoms with Crippen LogP contribution in [0.2, 0.25) is 0 Å². The SMILES string of the molecule is C=CC(=O)Nc1ccc([N+](=O)[O-])c2nonc12. The number of hydrogen-bond donors (Lipinski definition) is 1. The summed E-state index contributed by atoms with van der Waals surface area (Å²) in [5.74, 6) is -0.455. The van der Waals surface area contributed by atoms with E-state index in [0.29, 0.717) is 0 Å². The Hall–Kier alpha value is -2.77. The molecule has 1 aromatic heterocycles. The molecule has 0 bridgehead atoms. The van der Waals surface area contributed by atoms with Crippen LogP contribution in [-0.4, -0.2) is 21.1 Å². The Morgan fingerprint density at radius 1 is 1.47 bits per heavy atom. The van der Waals surface area contributed by atoms with Crippen LogP contribution in [0.3, 0.4) is 0 Å². The molecule has 86 valence electrons.